The van der Waals surface area contributed by atoms with E-state index in [1.54, 1.807) is 76.2 Å². The van der Waals surface area contributed by atoms with Crippen LogP contribution in [0.4, 0.5) is 5.69 Å². The van der Waals surface area contributed by atoms with Crippen LogP contribution in [-0.2, 0) is 19.9 Å². The number of hydroxylamine groups is 2. The molecule has 1 N–H and O–H groups in total. The number of carbonyl (C=O) groups excluding carboxylic acids is 3. The van der Waals surface area contributed by atoms with Crippen molar-refractivity contribution < 1.29 is 24.3 Å². The highest BCUT2D eigenvalue weighted by molar-refractivity contribution is 6.05. The van der Waals surface area contributed by atoms with Crippen molar-refractivity contribution in [3.05, 3.63) is 70.3 Å². The van der Waals surface area contributed by atoms with Gasteiger partial charge in [-0.2, -0.15) is 0 Å². The molecule has 2 saturated heterocycles. The molecule has 190 valence electrons. The molecule has 3 unspecified atom stereocenters. The highest BCUT2D eigenvalue weighted by Crippen LogP contribution is 2.58. The Morgan fingerprint density at radius 1 is 1.08 bits per heavy atom. The van der Waals surface area contributed by atoms with Gasteiger partial charge in [-0.3, -0.25) is 23.9 Å². The number of ether oxygens (including phenoxy) is 1. The predicted octanol–water partition coefficient (Wildman–Crippen LogP) is 2.77. The number of amides is 1. The molecular formula is C27H26N4O6. The Morgan fingerprint density at radius 3 is 2.49 bits per heavy atom. The second kappa shape index (κ2) is 7.56. The van der Waals surface area contributed by atoms with Crippen molar-refractivity contribution in [2.75, 3.05) is 4.90 Å². The lowest BCUT2D eigenvalue weighted by atomic mass is 9.87. The topological polar surface area (TPSA) is 122 Å². The van der Waals surface area contributed by atoms with Crippen LogP contribution in [0.15, 0.2) is 53.3 Å². The molecule has 10 nitrogen and oxygen atoms in total. The number of para-hydroxylation sites is 2. The second-order valence-electron chi connectivity index (χ2n) is 10.6. The Morgan fingerprint density at radius 2 is 1.76 bits per heavy atom. The molecule has 37 heavy (non-hydrogen) atoms. The Bertz CT molecular complexity index is 1580. The number of aromatic nitrogens is 2. The van der Waals surface area contributed by atoms with Gasteiger partial charge in [-0.25, -0.2) is 9.78 Å². The lowest BCUT2D eigenvalue weighted by Gasteiger charge is -2.35. The third-order valence-electron chi connectivity index (χ3n) is 7.74. The number of hydrogen-bond donors (Lipinski definition) is 1. The smallest absolute Gasteiger partial charge is 0.330 e. The Kier molecular flexibility index (Phi) is 4.80. The fraction of sp³-hybridized carbons (Fsp3) is 0.370. The van der Waals surface area contributed by atoms with Crippen molar-refractivity contribution >= 4 is 34.3 Å². The maximum Gasteiger partial charge on any atom is 0.330 e. The zero-order valence-corrected chi connectivity index (χ0v) is 20.8. The van der Waals surface area contributed by atoms with Crippen molar-refractivity contribution in [3.8, 4) is 0 Å². The van der Waals surface area contributed by atoms with Crippen molar-refractivity contribution in [2.45, 2.75) is 57.5 Å². The van der Waals surface area contributed by atoms with Crippen molar-refractivity contribution in [2.24, 2.45) is 5.92 Å². The van der Waals surface area contributed by atoms with Gasteiger partial charge in [0, 0.05) is 17.9 Å². The molecule has 2 fully saturated rings. The molecule has 4 heterocycles. The Balaban J connectivity index is 1.57. The number of anilines is 1. The summed E-state index contributed by atoms with van der Waals surface area (Å²) in [6.45, 7) is 6.58. The van der Waals surface area contributed by atoms with Crippen LogP contribution in [0.3, 0.4) is 0 Å². The fourth-order valence-corrected chi connectivity index (χ4v) is 5.79. The highest BCUT2D eigenvalue weighted by atomic mass is 16.6. The summed E-state index contributed by atoms with van der Waals surface area (Å²) in [6.07, 6.45) is -1.11. The first-order valence-corrected chi connectivity index (χ1v) is 12.2. The predicted molar refractivity (Wildman–Crippen MR) is 132 cm³/mol. The molecule has 0 saturated carbocycles. The molecule has 2 aromatic carbocycles. The number of hydrogen-bond acceptors (Lipinski definition) is 8. The van der Waals surface area contributed by atoms with Crippen LogP contribution in [0.25, 0.3) is 10.9 Å². The van der Waals surface area contributed by atoms with Crippen LogP contribution in [0.5, 0.6) is 0 Å². The summed E-state index contributed by atoms with van der Waals surface area (Å²) >= 11 is 0. The Labute approximate surface area is 212 Å². The molecule has 3 aliphatic rings. The summed E-state index contributed by atoms with van der Waals surface area (Å²) in [5.41, 5.74) is -1.82. The van der Waals surface area contributed by atoms with Crippen LogP contribution in [-0.4, -0.2) is 49.2 Å². The van der Waals surface area contributed by atoms with E-state index in [0.29, 0.717) is 16.8 Å². The minimum absolute atomic E-state index is 0.0806. The lowest BCUT2D eigenvalue weighted by Crippen LogP contribution is -2.52. The van der Waals surface area contributed by atoms with E-state index < -0.39 is 40.8 Å². The molecule has 3 atom stereocenters. The maximum absolute atomic E-state index is 13.7. The normalized spacial score (nSPS) is 26.3. The number of nitrogens with zero attached hydrogens (tertiary/aromatic N) is 4. The quantitative estimate of drug-likeness (QED) is 0.429. The molecule has 6 rings (SSSR count). The molecule has 0 radical (unpaired) electrons. The van der Waals surface area contributed by atoms with E-state index in [1.165, 1.54) is 4.90 Å². The molecule has 0 aliphatic carbocycles. The molecule has 3 aliphatic heterocycles. The van der Waals surface area contributed by atoms with Gasteiger partial charge in [-0.1, -0.05) is 44.2 Å². The molecule has 1 amide bonds. The summed E-state index contributed by atoms with van der Waals surface area (Å²) < 4.78 is 7.19. The summed E-state index contributed by atoms with van der Waals surface area (Å²) in [5, 5.41) is 12.4. The standard InChI is InChI=1S/C27H26N4O6/c1-14(2)20(32)21-28-17-11-7-5-9-15(17)22(33)29(21)19-13-27(37-23(19)34)16-10-6-8-12-18(16)30-24(27)31(36)26(3,4)25(30)35/h5-12,14,19,24,36H,13H2,1-4H3. The number of ketones is 1. The van der Waals surface area contributed by atoms with E-state index >= 15 is 0 Å². The van der Waals surface area contributed by atoms with E-state index in [9.17, 15) is 24.4 Å². The molecule has 1 aromatic heterocycles. The van der Waals surface area contributed by atoms with E-state index in [4.69, 9.17) is 4.74 Å². The third-order valence-corrected chi connectivity index (χ3v) is 7.74. The summed E-state index contributed by atoms with van der Waals surface area (Å²) in [6, 6.07) is 12.5. The first-order chi connectivity index (χ1) is 17.5. The van der Waals surface area contributed by atoms with Crippen LogP contribution in [0.1, 0.15) is 56.3 Å². The van der Waals surface area contributed by atoms with Gasteiger partial charge < -0.3 is 9.94 Å². The first-order valence-electron chi connectivity index (χ1n) is 12.2. The van der Waals surface area contributed by atoms with Crippen LogP contribution < -0.4 is 10.5 Å². The maximum atomic E-state index is 13.7. The average molecular weight is 503 g/mol. The molecule has 10 heteroatoms. The van der Waals surface area contributed by atoms with E-state index in [0.717, 1.165) is 9.63 Å². The zero-order valence-electron chi connectivity index (χ0n) is 20.8. The van der Waals surface area contributed by atoms with Gasteiger partial charge in [-0.15, -0.1) is 5.06 Å². The zero-order chi connectivity index (χ0) is 26.4. The van der Waals surface area contributed by atoms with E-state index in [2.05, 4.69) is 4.98 Å². The van der Waals surface area contributed by atoms with Gasteiger partial charge in [0.2, 0.25) is 5.78 Å². The number of esters is 1. The Hall–Kier alpha value is -3.89. The van der Waals surface area contributed by atoms with Gasteiger partial charge in [0.1, 0.15) is 11.6 Å². The van der Waals surface area contributed by atoms with Gasteiger partial charge in [0.25, 0.3) is 11.5 Å². The fourth-order valence-electron chi connectivity index (χ4n) is 5.79. The molecule has 1 spiro atoms. The molecule has 0 bridgehead atoms. The summed E-state index contributed by atoms with van der Waals surface area (Å²) in [5.74, 6) is -2.06. The molecular weight excluding hydrogens is 476 g/mol. The van der Waals surface area contributed by atoms with Gasteiger partial charge in [-0.05, 0) is 32.0 Å². The van der Waals surface area contributed by atoms with Crippen LogP contribution in [0, 0.1) is 5.92 Å². The number of benzene rings is 2. The molecule has 3 aromatic rings. The first kappa shape index (κ1) is 23.5. The minimum Gasteiger partial charge on any atom is -0.449 e. The third kappa shape index (κ3) is 2.90. The highest BCUT2D eigenvalue weighted by Gasteiger charge is 2.70. The van der Waals surface area contributed by atoms with Crippen LogP contribution >= 0.6 is 0 Å². The van der Waals surface area contributed by atoms with Crippen LogP contribution in [0.2, 0.25) is 0 Å². The number of Topliss-reactive ketones (excluding diaryl/α,β-unsaturated/α-hetero) is 1. The largest absolute Gasteiger partial charge is 0.449 e. The van der Waals surface area contributed by atoms with Crippen molar-refractivity contribution in [3.63, 3.8) is 0 Å². The van der Waals surface area contributed by atoms with Gasteiger partial charge in [0.05, 0.1) is 16.6 Å². The second-order valence-corrected chi connectivity index (χ2v) is 10.6. The number of rotatable bonds is 3. The lowest BCUT2D eigenvalue weighted by molar-refractivity contribution is -0.209. The van der Waals surface area contributed by atoms with Gasteiger partial charge in [0.15, 0.2) is 17.6 Å². The summed E-state index contributed by atoms with van der Waals surface area (Å²) in [7, 11) is 0. The number of fused-ring (bicyclic) bond motifs is 6. The average Bonchev–Trinajstić information content (AvgIpc) is 3.42. The van der Waals surface area contributed by atoms with E-state index in [1.807, 2.05) is 0 Å². The SMILES string of the molecule is CC(C)C(=O)c1nc2ccccc2c(=O)n1C1CC2(OC1=O)c1ccccc1N1C(=O)C(C)(C)N(O)C12. The van der Waals surface area contributed by atoms with E-state index in [-0.39, 0.29) is 29.3 Å². The van der Waals surface area contributed by atoms with Crippen molar-refractivity contribution in [1.29, 1.82) is 0 Å². The monoisotopic (exact) mass is 502 g/mol. The van der Waals surface area contributed by atoms with Crippen molar-refractivity contribution in [1.82, 2.24) is 14.6 Å². The summed E-state index contributed by atoms with van der Waals surface area (Å²) in [4.78, 5) is 59.9. The van der Waals surface area contributed by atoms with Gasteiger partial charge >= 0.3 is 5.97 Å². The number of carbonyl (C=O) groups is 3. The minimum atomic E-state index is -1.46.